The quantitative estimate of drug-likeness (QED) is 0.691. The molecule has 1 aromatic carbocycles. The zero-order valence-corrected chi connectivity index (χ0v) is 18.3. The van der Waals surface area contributed by atoms with Crippen molar-refractivity contribution < 1.29 is 23.9 Å². The lowest BCUT2D eigenvalue weighted by Crippen LogP contribution is -2.50. The number of rotatable bonds is 6. The molecule has 32 heavy (non-hydrogen) atoms. The van der Waals surface area contributed by atoms with Crippen molar-refractivity contribution in [1.82, 2.24) is 20.0 Å². The first-order chi connectivity index (χ1) is 15.1. The molecule has 3 N–H and O–H groups in total. The molecular weight excluding hydrogens is 414 g/mol. The van der Waals surface area contributed by atoms with Crippen LogP contribution in [0.2, 0.25) is 0 Å². The molecule has 0 radical (unpaired) electrons. The molecule has 4 rings (SSSR count). The third-order valence-electron chi connectivity index (χ3n) is 6.06. The molecule has 3 amide bonds. The molecule has 10 nitrogen and oxygen atoms in total. The molecule has 10 heteroatoms. The molecule has 0 unspecified atom stereocenters. The zero-order chi connectivity index (χ0) is 23.2. The summed E-state index contributed by atoms with van der Waals surface area (Å²) in [6.45, 7) is 5.22. The van der Waals surface area contributed by atoms with Crippen molar-refractivity contribution in [3.63, 3.8) is 0 Å². The van der Waals surface area contributed by atoms with Gasteiger partial charge in [0.2, 0.25) is 11.8 Å². The fourth-order valence-electron chi connectivity index (χ4n) is 4.20. The van der Waals surface area contributed by atoms with Crippen LogP contribution in [0.1, 0.15) is 33.6 Å². The number of ketones is 1. The Balaban J connectivity index is 1.50. The van der Waals surface area contributed by atoms with Crippen molar-refractivity contribution in [2.45, 2.75) is 52.2 Å². The number of carbonyl (C=O) groups is 4. The van der Waals surface area contributed by atoms with Gasteiger partial charge in [0, 0.05) is 11.5 Å². The van der Waals surface area contributed by atoms with Crippen molar-refractivity contribution in [2.75, 3.05) is 6.54 Å². The lowest BCUT2D eigenvalue weighted by atomic mass is 9.91. The normalized spacial score (nSPS) is 21.8. The third-order valence-corrected chi connectivity index (χ3v) is 6.06. The second-order valence-electron chi connectivity index (χ2n) is 9.41. The van der Waals surface area contributed by atoms with E-state index in [1.165, 1.54) is 4.68 Å². The first-order valence-corrected chi connectivity index (χ1v) is 10.6. The van der Waals surface area contributed by atoms with Gasteiger partial charge in [-0.05, 0) is 30.9 Å². The average Bonchev–Trinajstić information content (AvgIpc) is 3.25. The number of amides is 3. The monoisotopic (exact) mass is 441 g/mol. The number of hydrogen-bond acceptors (Lipinski definition) is 6. The molecule has 3 atom stereocenters. The van der Waals surface area contributed by atoms with E-state index < -0.39 is 17.6 Å². The summed E-state index contributed by atoms with van der Waals surface area (Å²) in [6, 6.07) is 6.45. The van der Waals surface area contributed by atoms with Crippen LogP contribution in [0.25, 0.3) is 10.9 Å². The SMILES string of the molecule is CC(C)(C)C(=O)CNC(=O)[C@@H]1C[C@H]2C[C@H]2N1C(=O)Cn1nc(OC(N)=O)c2ccccc21. The highest BCUT2D eigenvalue weighted by atomic mass is 16.6. The second-order valence-corrected chi connectivity index (χ2v) is 9.41. The Morgan fingerprint density at radius 3 is 2.59 bits per heavy atom. The van der Waals surface area contributed by atoms with E-state index in [2.05, 4.69) is 10.4 Å². The Bertz CT molecular complexity index is 1100. The number of nitrogens with two attached hydrogens (primary N) is 1. The second kappa shape index (κ2) is 7.92. The summed E-state index contributed by atoms with van der Waals surface area (Å²) >= 11 is 0. The molecular formula is C22H27N5O5. The number of para-hydroxylation sites is 1. The Morgan fingerprint density at radius 1 is 1.19 bits per heavy atom. The van der Waals surface area contributed by atoms with Crippen LogP contribution in [0, 0.1) is 11.3 Å². The number of fused-ring (bicyclic) bond motifs is 2. The van der Waals surface area contributed by atoms with Crippen LogP contribution in [0.4, 0.5) is 4.79 Å². The van der Waals surface area contributed by atoms with Gasteiger partial charge in [-0.2, -0.15) is 0 Å². The van der Waals surface area contributed by atoms with E-state index >= 15 is 0 Å². The number of ether oxygens (including phenoxy) is 1. The highest BCUT2D eigenvalue weighted by Crippen LogP contribution is 2.48. The molecule has 170 valence electrons. The van der Waals surface area contributed by atoms with Crippen molar-refractivity contribution in [2.24, 2.45) is 17.1 Å². The molecule has 1 saturated carbocycles. The molecule has 0 bridgehead atoms. The fourth-order valence-corrected chi connectivity index (χ4v) is 4.20. The first kappa shape index (κ1) is 21.8. The number of nitrogens with one attached hydrogen (secondary N) is 1. The van der Waals surface area contributed by atoms with Crippen LogP contribution >= 0.6 is 0 Å². The number of nitrogens with zero attached hydrogens (tertiary/aromatic N) is 3. The molecule has 1 saturated heterocycles. The molecule has 2 fully saturated rings. The average molecular weight is 441 g/mol. The maximum atomic E-state index is 13.2. The van der Waals surface area contributed by atoms with Crippen LogP contribution in [0.5, 0.6) is 5.88 Å². The lowest BCUT2D eigenvalue weighted by molar-refractivity contribution is -0.140. The van der Waals surface area contributed by atoms with Crippen LogP contribution in [0.3, 0.4) is 0 Å². The van der Waals surface area contributed by atoms with Crippen molar-refractivity contribution >= 4 is 34.6 Å². The third kappa shape index (κ3) is 4.17. The zero-order valence-electron chi connectivity index (χ0n) is 18.3. The van der Waals surface area contributed by atoms with Crippen LogP contribution < -0.4 is 15.8 Å². The maximum absolute atomic E-state index is 13.2. The standard InChI is InChI=1S/C22H27N5O5/c1-22(2,3)17(28)10-24-19(30)16-9-12-8-15(12)27(16)18(29)11-26-14-7-5-4-6-13(14)20(25-26)32-21(23)31/h4-7,12,15-16H,8-11H2,1-3H3,(H2,23,31)(H,24,30)/t12-,15-,16+/m1/s1. The number of benzene rings is 1. The number of piperidine rings is 1. The van der Waals surface area contributed by atoms with Gasteiger partial charge in [-0.1, -0.05) is 32.9 Å². The van der Waals surface area contributed by atoms with Gasteiger partial charge >= 0.3 is 6.09 Å². The summed E-state index contributed by atoms with van der Waals surface area (Å²) < 4.78 is 6.42. The summed E-state index contributed by atoms with van der Waals surface area (Å²) in [5, 5.41) is 7.49. The predicted octanol–water partition coefficient (Wildman–Crippen LogP) is 1.21. The summed E-state index contributed by atoms with van der Waals surface area (Å²) in [6.07, 6.45) is 0.461. The molecule has 0 spiro atoms. The van der Waals surface area contributed by atoms with Crippen molar-refractivity contribution in [3.05, 3.63) is 24.3 Å². The first-order valence-electron chi connectivity index (χ1n) is 10.6. The lowest BCUT2D eigenvalue weighted by Gasteiger charge is -2.27. The highest BCUT2D eigenvalue weighted by molar-refractivity contribution is 5.94. The number of likely N-dealkylation sites (tertiary alicyclic amines) is 1. The summed E-state index contributed by atoms with van der Waals surface area (Å²) in [4.78, 5) is 51.0. The van der Waals surface area contributed by atoms with E-state index in [1.807, 2.05) is 0 Å². The van der Waals surface area contributed by atoms with Gasteiger partial charge in [0.15, 0.2) is 5.78 Å². The molecule has 2 heterocycles. The van der Waals surface area contributed by atoms with Gasteiger partial charge in [-0.25, -0.2) is 4.79 Å². The maximum Gasteiger partial charge on any atom is 0.411 e. The Morgan fingerprint density at radius 2 is 1.91 bits per heavy atom. The molecule has 1 aliphatic heterocycles. The summed E-state index contributed by atoms with van der Waals surface area (Å²) in [7, 11) is 0. The number of aromatic nitrogens is 2. The Labute approximate surface area is 185 Å². The van der Waals surface area contributed by atoms with Crippen molar-refractivity contribution in [3.8, 4) is 5.88 Å². The van der Waals surface area contributed by atoms with Crippen molar-refractivity contribution in [1.29, 1.82) is 0 Å². The molecule has 1 aliphatic carbocycles. The Kier molecular flexibility index (Phi) is 5.39. The minimum Gasteiger partial charge on any atom is -0.389 e. The van der Waals surface area contributed by atoms with Crippen LogP contribution in [-0.4, -0.2) is 57.0 Å². The number of carbonyl (C=O) groups excluding carboxylic acids is 4. The largest absolute Gasteiger partial charge is 0.411 e. The van der Waals surface area contributed by atoms with E-state index in [0.29, 0.717) is 23.2 Å². The smallest absolute Gasteiger partial charge is 0.389 e. The highest BCUT2D eigenvalue weighted by Gasteiger charge is 2.56. The van der Waals surface area contributed by atoms with Gasteiger partial charge in [0.1, 0.15) is 12.6 Å². The summed E-state index contributed by atoms with van der Waals surface area (Å²) in [5.74, 6) is -0.308. The number of primary amides is 1. The van der Waals surface area contributed by atoms with Gasteiger partial charge in [-0.15, -0.1) is 5.10 Å². The Hall–Kier alpha value is -3.43. The van der Waals surface area contributed by atoms with Gasteiger partial charge in [-0.3, -0.25) is 19.1 Å². The predicted molar refractivity (Wildman–Crippen MR) is 115 cm³/mol. The van der Waals surface area contributed by atoms with Crippen LogP contribution in [-0.2, 0) is 20.9 Å². The number of hydrogen-bond donors (Lipinski definition) is 2. The molecule has 2 aliphatic rings. The van der Waals surface area contributed by atoms with E-state index in [9.17, 15) is 19.2 Å². The topological polar surface area (TPSA) is 137 Å². The number of Topliss-reactive ketones (excluding diaryl/α,β-unsaturated/α-hetero) is 1. The minimum absolute atomic E-state index is 0.0275. The van der Waals surface area contributed by atoms with E-state index in [4.69, 9.17) is 10.5 Å². The van der Waals surface area contributed by atoms with Gasteiger partial charge in [0.05, 0.1) is 17.4 Å². The van der Waals surface area contributed by atoms with Crippen LogP contribution in [0.15, 0.2) is 24.3 Å². The molecule has 2 aromatic rings. The van der Waals surface area contributed by atoms with E-state index in [-0.39, 0.29) is 42.6 Å². The van der Waals surface area contributed by atoms with Gasteiger partial charge < -0.3 is 20.7 Å². The summed E-state index contributed by atoms with van der Waals surface area (Å²) in [5.41, 5.74) is 5.19. The molecule has 1 aromatic heterocycles. The minimum atomic E-state index is -0.992. The van der Waals surface area contributed by atoms with Gasteiger partial charge in [0.25, 0.3) is 5.88 Å². The fraction of sp³-hybridized carbons (Fsp3) is 0.500. The van der Waals surface area contributed by atoms with E-state index in [1.54, 1.807) is 49.9 Å². The van der Waals surface area contributed by atoms with E-state index in [0.717, 1.165) is 6.42 Å².